The minimum absolute atomic E-state index is 0.473. The van der Waals surface area contributed by atoms with Gasteiger partial charge in [-0.1, -0.05) is 12.1 Å². The van der Waals surface area contributed by atoms with Gasteiger partial charge in [-0.25, -0.2) is 9.97 Å². The third kappa shape index (κ3) is 2.63. The summed E-state index contributed by atoms with van der Waals surface area (Å²) in [4.78, 5) is 6.40. The molecule has 6 nitrogen and oxygen atoms in total. The van der Waals surface area contributed by atoms with Crippen molar-refractivity contribution in [1.29, 1.82) is 5.26 Å². The lowest BCUT2D eigenvalue weighted by Crippen LogP contribution is -2.15. The van der Waals surface area contributed by atoms with Crippen LogP contribution in [-0.2, 0) is 0 Å². The Labute approximate surface area is 138 Å². The first kappa shape index (κ1) is 14.2. The van der Waals surface area contributed by atoms with E-state index in [0.717, 1.165) is 22.5 Å². The number of nitrogens with one attached hydrogen (secondary N) is 3. The van der Waals surface area contributed by atoms with Crippen LogP contribution in [0.1, 0.15) is 5.82 Å². The van der Waals surface area contributed by atoms with Crippen LogP contribution >= 0.6 is 0 Å². The number of rotatable bonds is 3. The highest BCUT2D eigenvalue weighted by molar-refractivity contribution is 5.78. The van der Waals surface area contributed by atoms with Crippen molar-refractivity contribution < 1.29 is 14.5 Å². The SMILES string of the molecule is N#CC(=CNc1ccc2c(c1)OCCO2)c1[nH]c2ccccc2[nH+]1. The Hall–Kier alpha value is -3.46. The summed E-state index contributed by atoms with van der Waals surface area (Å²) in [6.45, 7) is 1.11. The van der Waals surface area contributed by atoms with E-state index in [1.807, 2.05) is 42.5 Å². The van der Waals surface area contributed by atoms with Crippen molar-refractivity contribution in [1.82, 2.24) is 4.98 Å². The molecule has 0 unspecified atom stereocenters. The molecule has 0 atom stereocenters. The lowest BCUT2D eigenvalue weighted by Gasteiger charge is -2.18. The molecule has 0 spiro atoms. The molecule has 0 radical (unpaired) electrons. The molecule has 3 N–H and O–H groups in total. The van der Waals surface area contributed by atoms with Crippen molar-refractivity contribution in [3.05, 3.63) is 54.5 Å². The molecule has 1 aromatic heterocycles. The molecule has 6 heteroatoms. The molecule has 1 aliphatic rings. The standard InChI is InChI=1S/C18H14N4O2/c19-10-12(18-21-14-3-1-2-4-15(14)22-18)11-20-13-5-6-16-17(9-13)24-8-7-23-16/h1-6,9,11,20H,7-8H2,(H,21,22)/p+1. The molecule has 1 aliphatic heterocycles. The number of benzene rings is 2. The highest BCUT2D eigenvalue weighted by atomic mass is 16.6. The average molecular weight is 319 g/mol. The number of allylic oxidation sites excluding steroid dienone is 1. The summed E-state index contributed by atoms with van der Waals surface area (Å²) in [5, 5.41) is 12.6. The average Bonchev–Trinajstić information content (AvgIpc) is 3.06. The Kier molecular flexibility index (Phi) is 3.52. The zero-order valence-electron chi connectivity index (χ0n) is 12.8. The van der Waals surface area contributed by atoms with Gasteiger partial charge in [-0.3, -0.25) is 0 Å². The predicted octanol–water partition coefficient (Wildman–Crippen LogP) is 2.73. The summed E-state index contributed by atoms with van der Waals surface area (Å²) in [7, 11) is 0. The van der Waals surface area contributed by atoms with E-state index in [9.17, 15) is 5.26 Å². The smallest absolute Gasteiger partial charge is 0.297 e. The van der Waals surface area contributed by atoms with Gasteiger partial charge in [0.05, 0.1) is 0 Å². The minimum Gasteiger partial charge on any atom is -0.486 e. The molecule has 2 heterocycles. The monoisotopic (exact) mass is 319 g/mol. The second-order valence-electron chi connectivity index (χ2n) is 5.34. The zero-order valence-corrected chi connectivity index (χ0v) is 12.8. The summed E-state index contributed by atoms with van der Waals surface area (Å²) in [6.07, 6.45) is 1.66. The van der Waals surface area contributed by atoms with E-state index in [-0.39, 0.29) is 0 Å². The number of ether oxygens (including phenoxy) is 2. The zero-order chi connectivity index (χ0) is 16.4. The van der Waals surface area contributed by atoms with Crippen LogP contribution in [0.5, 0.6) is 11.5 Å². The fourth-order valence-corrected chi connectivity index (χ4v) is 2.59. The van der Waals surface area contributed by atoms with E-state index in [0.29, 0.717) is 30.4 Å². The minimum atomic E-state index is 0.473. The molecule has 3 aromatic rings. The highest BCUT2D eigenvalue weighted by Gasteiger charge is 2.15. The molecular formula is C18H15N4O2+. The largest absolute Gasteiger partial charge is 0.486 e. The van der Waals surface area contributed by atoms with Crippen molar-refractivity contribution in [2.45, 2.75) is 0 Å². The van der Waals surface area contributed by atoms with E-state index >= 15 is 0 Å². The van der Waals surface area contributed by atoms with Gasteiger partial charge in [0, 0.05) is 18.0 Å². The lowest BCUT2D eigenvalue weighted by atomic mass is 10.2. The second-order valence-corrected chi connectivity index (χ2v) is 5.34. The maximum Gasteiger partial charge on any atom is 0.297 e. The Morgan fingerprint density at radius 1 is 1.17 bits per heavy atom. The molecule has 24 heavy (non-hydrogen) atoms. The van der Waals surface area contributed by atoms with Crippen LogP contribution in [0.3, 0.4) is 0 Å². The molecule has 2 aromatic carbocycles. The topological polar surface area (TPSA) is 84.2 Å². The number of hydrogen-bond donors (Lipinski definition) is 2. The number of nitrogens with zero attached hydrogens (tertiary/aromatic N) is 1. The van der Waals surface area contributed by atoms with Crippen LogP contribution in [0.2, 0.25) is 0 Å². The Balaban J connectivity index is 1.60. The Morgan fingerprint density at radius 2 is 2.00 bits per heavy atom. The van der Waals surface area contributed by atoms with Crippen molar-refractivity contribution >= 4 is 22.3 Å². The maximum atomic E-state index is 9.43. The van der Waals surface area contributed by atoms with Crippen molar-refractivity contribution in [3.8, 4) is 17.6 Å². The number of fused-ring (bicyclic) bond motifs is 2. The van der Waals surface area contributed by atoms with Gasteiger partial charge in [0.15, 0.2) is 28.1 Å². The second kappa shape index (κ2) is 5.97. The molecule has 0 saturated carbocycles. The van der Waals surface area contributed by atoms with E-state index in [4.69, 9.17) is 9.47 Å². The van der Waals surface area contributed by atoms with E-state index in [2.05, 4.69) is 21.4 Å². The molecule has 0 bridgehead atoms. The molecule has 0 amide bonds. The van der Waals surface area contributed by atoms with Gasteiger partial charge >= 0.3 is 0 Å². The summed E-state index contributed by atoms with van der Waals surface area (Å²) in [6, 6.07) is 15.6. The first-order chi connectivity index (χ1) is 11.8. The molecule has 0 aliphatic carbocycles. The Morgan fingerprint density at radius 3 is 2.83 bits per heavy atom. The molecular weight excluding hydrogens is 304 g/mol. The molecule has 0 saturated heterocycles. The number of aromatic nitrogens is 2. The van der Waals surface area contributed by atoms with Gasteiger partial charge < -0.3 is 14.8 Å². The van der Waals surface area contributed by atoms with E-state index in [1.54, 1.807) is 6.20 Å². The van der Waals surface area contributed by atoms with Gasteiger partial charge in [0.2, 0.25) is 0 Å². The Bertz CT molecular complexity index is 936. The summed E-state index contributed by atoms with van der Waals surface area (Å²) < 4.78 is 11.1. The van der Waals surface area contributed by atoms with Gasteiger partial charge in [-0.15, -0.1) is 0 Å². The van der Waals surface area contributed by atoms with Crippen LogP contribution in [-0.4, -0.2) is 18.2 Å². The molecule has 118 valence electrons. The third-order valence-electron chi connectivity index (χ3n) is 3.76. The van der Waals surface area contributed by atoms with Crippen LogP contribution in [0.15, 0.2) is 48.7 Å². The number of hydrogen-bond acceptors (Lipinski definition) is 4. The maximum absolute atomic E-state index is 9.43. The van der Waals surface area contributed by atoms with E-state index in [1.165, 1.54) is 0 Å². The highest BCUT2D eigenvalue weighted by Crippen LogP contribution is 2.32. The number of aromatic amines is 2. The van der Waals surface area contributed by atoms with Crippen molar-refractivity contribution in [2.24, 2.45) is 0 Å². The summed E-state index contributed by atoms with van der Waals surface area (Å²) >= 11 is 0. The number of nitriles is 1. The van der Waals surface area contributed by atoms with Gasteiger partial charge in [-0.2, -0.15) is 5.26 Å². The summed E-state index contributed by atoms with van der Waals surface area (Å²) in [5.41, 5.74) is 3.20. The fraction of sp³-hybridized carbons (Fsp3) is 0.111. The van der Waals surface area contributed by atoms with Crippen LogP contribution in [0.4, 0.5) is 5.69 Å². The molecule has 4 rings (SSSR count). The predicted molar refractivity (Wildman–Crippen MR) is 89.5 cm³/mol. The van der Waals surface area contributed by atoms with E-state index < -0.39 is 0 Å². The summed E-state index contributed by atoms with van der Waals surface area (Å²) in [5.74, 6) is 2.10. The number of para-hydroxylation sites is 2. The first-order valence-electron chi connectivity index (χ1n) is 7.60. The number of anilines is 1. The van der Waals surface area contributed by atoms with Crippen LogP contribution in [0, 0.1) is 11.3 Å². The first-order valence-corrected chi connectivity index (χ1v) is 7.60. The lowest BCUT2D eigenvalue weighted by molar-refractivity contribution is -0.348. The quantitative estimate of drug-likeness (QED) is 0.727. The third-order valence-corrected chi connectivity index (χ3v) is 3.76. The van der Waals surface area contributed by atoms with Crippen LogP contribution < -0.4 is 19.8 Å². The van der Waals surface area contributed by atoms with Crippen LogP contribution in [0.25, 0.3) is 16.6 Å². The number of imidazole rings is 1. The normalized spacial score (nSPS) is 13.5. The van der Waals surface area contributed by atoms with Gasteiger partial charge in [-0.05, 0) is 24.3 Å². The van der Waals surface area contributed by atoms with Gasteiger partial charge in [0.25, 0.3) is 5.82 Å². The van der Waals surface area contributed by atoms with Crippen molar-refractivity contribution in [3.63, 3.8) is 0 Å². The van der Waals surface area contributed by atoms with Crippen molar-refractivity contribution in [2.75, 3.05) is 18.5 Å². The number of H-pyrrole nitrogens is 2. The fourth-order valence-electron chi connectivity index (χ4n) is 2.59. The van der Waals surface area contributed by atoms with Gasteiger partial charge in [0.1, 0.15) is 19.3 Å². The molecule has 0 fully saturated rings.